The van der Waals surface area contributed by atoms with Crippen LogP contribution in [0.25, 0.3) is 0 Å². The minimum Gasteiger partial charge on any atom is -0.480 e. The Hall–Kier alpha value is -3.96. The standard InChI is InChI=1S/C23H27N5O7/c1-3-26-9-10-27(21(32)20(26)31)23(35)25-15(13-7-5-4-6-8-13)18(29)24-16-14-11-12(2)17(22(33)34)28(14)19(16)30/h4-8,12,14-17H,3,9-11H2,1-2H3,(H,24,29)(H,25,35)(H,33,34)/t12?,14-,15?,16?,17?/m1/s1. The van der Waals surface area contributed by atoms with E-state index in [1.165, 1.54) is 9.80 Å². The Morgan fingerprint density at radius 2 is 1.77 bits per heavy atom. The van der Waals surface area contributed by atoms with Crippen LogP contribution in [0.2, 0.25) is 0 Å². The van der Waals surface area contributed by atoms with E-state index in [-0.39, 0.29) is 19.0 Å². The number of aliphatic carboxylic acids is 1. The van der Waals surface area contributed by atoms with Crippen LogP contribution in [0.5, 0.6) is 0 Å². The van der Waals surface area contributed by atoms with Crippen LogP contribution < -0.4 is 10.6 Å². The summed E-state index contributed by atoms with van der Waals surface area (Å²) in [5, 5.41) is 14.6. The first kappa shape index (κ1) is 24.2. The molecule has 0 bridgehead atoms. The first-order valence-corrected chi connectivity index (χ1v) is 11.5. The van der Waals surface area contributed by atoms with Gasteiger partial charge in [0.2, 0.25) is 11.8 Å². The highest BCUT2D eigenvalue weighted by atomic mass is 16.4. The van der Waals surface area contributed by atoms with E-state index in [1.807, 2.05) is 0 Å². The van der Waals surface area contributed by atoms with Gasteiger partial charge in [-0.15, -0.1) is 0 Å². The fraction of sp³-hybridized carbons (Fsp3) is 0.478. The Bertz CT molecular complexity index is 1080. The third kappa shape index (κ3) is 4.19. The van der Waals surface area contributed by atoms with Crippen LogP contribution in [-0.2, 0) is 24.0 Å². The van der Waals surface area contributed by atoms with Crippen molar-refractivity contribution in [3.8, 4) is 0 Å². The summed E-state index contributed by atoms with van der Waals surface area (Å²) in [6.45, 7) is 3.98. The van der Waals surface area contributed by atoms with Gasteiger partial charge in [-0.25, -0.2) is 9.59 Å². The summed E-state index contributed by atoms with van der Waals surface area (Å²) in [7, 11) is 0. The molecule has 3 fully saturated rings. The molecule has 0 spiro atoms. The lowest BCUT2D eigenvalue weighted by molar-refractivity contribution is -0.162. The number of β-lactam (4-membered cyclic amide) rings is 1. The molecule has 3 aliphatic rings. The predicted molar refractivity (Wildman–Crippen MR) is 119 cm³/mol. The minimum absolute atomic E-state index is 0.0139. The fourth-order valence-electron chi connectivity index (χ4n) is 5.02. The van der Waals surface area contributed by atoms with E-state index in [9.17, 15) is 33.9 Å². The fourth-order valence-corrected chi connectivity index (χ4v) is 5.02. The zero-order valence-corrected chi connectivity index (χ0v) is 19.3. The summed E-state index contributed by atoms with van der Waals surface area (Å²) in [5.41, 5.74) is 0.413. The second kappa shape index (κ2) is 9.35. The van der Waals surface area contributed by atoms with Crippen molar-refractivity contribution in [2.45, 2.75) is 44.4 Å². The van der Waals surface area contributed by atoms with Gasteiger partial charge < -0.3 is 25.5 Å². The van der Waals surface area contributed by atoms with E-state index in [2.05, 4.69) is 10.6 Å². The molecule has 0 aliphatic carbocycles. The van der Waals surface area contributed by atoms with Crippen LogP contribution in [-0.4, -0.2) is 93.2 Å². The maximum atomic E-state index is 13.2. The molecule has 12 nitrogen and oxygen atoms in total. The lowest BCUT2D eigenvalue weighted by Crippen LogP contribution is -2.71. The molecule has 6 amide bonds. The van der Waals surface area contributed by atoms with Crippen LogP contribution in [0, 0.1) is 5.92 Å². The van der Waals surface area contributed by atoms with Gasteiger partial charge in [-0.05, 0) is 24.8 Å². The highest BCUT2D eigenvalue weighted by Crippen LogP contribution is 2.39. The molecule has 3 heterocycles. The summed E-state index contributed by atoms with van der Waals surface area (Å²) < 4.78 is 0. The monoisotopic (exact) mass is 485 g/mol. The maximum Gasteiger partial charge on any atom is 0.326 e. The number of amides is 6. The second-order valence-corrected chi connectivity index (χ2v) is 8.93. The molecule has 4 rings (SSSR count). The molecule has 3 aliphatic heterocycles. The Kier molecular flexibility index (Phi) is 6.46. The van der Waals surface area contributed by atoms with Crippen LogP contribution in [0.15, 0.2) is 30.3 Å². The first-order chi connectivity index (χ1) is 16.6. The van der Waals surface area contributed by atoms with Gasteiger partial charge >= 0.3 is 23.8 Å². The van der Waals surface area contributed by atoms with Gasteiger partial charge in [0.05, 0.1) is 6.04 Å². The number of nitrogens with one attached hydrogen (secondary N) is 2. The number of imide groups is 1. The van der Waals surface area contributed by atoms with Crippen molar-refractivity contribution < 1.29 is 33.9 Å². The number of carbonyl (C=O) groups excluding carboxylic acids is 5. The van der Waals surface area contributed by atoms with E-state index in [0.29, 0.717) is 18.5 Å². The zero-order valence-electron chi connectivity index (χ0n) is 19.3. The van der Waals surface area contributed by atoms with Gasteiger partial charge in [0.1, 0.15) is 18.1 Å². The van der Waals surface area contributed by atoms with E-state index in [1.54, 1.807) is 44.2 Å². The number of urea groups is 1. The highest BCUT2D eigenvalue weighted by Gasteiger charge is 2.59. The Labute approximate surface area is 201 Å². The summed E-state index contributed by atoms with van der Waals surface area (Å²) in [5.74, 6) is -4.30. The van der Waals surface area contributed by atoms with Crippen molar-refractivity contribution >= 4 is 35.6 Å². The molecule has 1 aromatic rings. The van der Waals surface area contributed by atoms with Crippen molar-refractivity contribution in [3.05, 3.63) is 35.9 Å². The van der Waals surface area contributed by atoms with Gasteiger partial charge in [-0.3, -0.25) is 24.1 Å². The smallest absolute Gasteiger partial charge is 0.326 e. The number of carboxylic acids is 1. The SMILES string of the molecule is CCN1CCN(C(=O)NC(C(=O)NC2C(=O)N3C(C(=O)O)C(C)C[C@H]23)c2ccccc2)C(=O)C1=O. The first-order valence-electron chi connectivity index (χ1n) is 11.5. The summed E-state index contributed by atoms with van der Waals surface area (Å²) >= 11 is 0. The van der Waals surface area contributed by atoms with Crippen LogP contribution in [0.1, 0.15) is 31.9 Å². The molecular weight excluding hydrogens is 458 g/mol. The molecule has 186 valence electrons. The van der Waals surface area contributed by atoms with Crippen molar-refractivity contribution in [1.29, 1.82) is 0 Å². The van der Waals surface area contributed by atoms with E-state index < -0.39 is 59.8 Å². The van der Waals surface area contributed by atoms with Crippen molar-refractivity contribution in [2.24, 2.45) is 5.92 Å². The van der Waals surface area contributed by atoms with Crippen LogP contribution in [0.3, 0.4) is 0 Å². The largest absolute Gasteiger partial charge is 0.480 e. The lowest BCUT2D eigenvalue weighted by atomic mass is 9.94. The molecule has 5 atom stereocenters. The number of benzene rings is 1. The summed E-state index contributed by atoms with van der Waals surface area (Å²) in [6.07, 6.45) is 0.425. The number of carbonyl (C=O) groups is 6. The molecule has 4 unspecified atom stereocenters. The number of likely N-dealkylation sites (N-methyl/N-ethyl adjacent to an activating group) is 1. The molecule has 3 saturated heterocycles. The van der Waals surface area contributed by atoms with Crippen LogP contribution >= 0.6 is 0 Å². The Morgan fingerprint density at radius 3 is 2.40 bits per heavy atom. The third-order valence-electron chi connectivity index (χ3n) is 6.86. The third-order valence-corrected chi connectivity index (χ3v) is 6.86. The van der Waals surface area contributed by atoms with Gasteiger partial charge in [0.25, 0.3) is 0 Å². The van der Waals surface area contributed by atoms with Gasteiger partial charge in [-0.1, -0.05) is 37.3 Å². The van der Waals surface area contributed by atoms with Crippen LogP contribution in [0.4, 0.5) is 4.79 Å². The second-order valence-electron chi connectivity index (χ2n) is 8.93. The summed E-state index contributed by atoms with van der Waals surface area (Å²) in [6, 6.07) is 3.85. The van der Waals surface area contributed by atoms with Gasteiger partial charge in [0, 0.05) is 19.6 Å². The van der Waals surface area contributed by atoms with Crippen molar-refractivity contribution in [2.75, 3.05) is 19.6 Å². The zero-order chi connectivity index (χ0) is 25.4. The molecule has 0 aromatic heterocycles. The number of piperazine rings is 1. The maximum absolute atomic E-state index is 13.2. The Morgan fingerprint density at radius 1 is 1.09 bits per heavy atom. The Balaban J connectivity index is 1.49. The molecule has 12 heteroatoms. The number of carboxylic acid groups (broad SMARTS) is 1. The molecule has 0 saturated carbocycles. The molecule has 0 radical (unpaired) electrons. The average molecular weight is 485 g/mol. The van der Waals surface area contributed by atoms with E-state index >= 15 is 0 Å². The number of rotatable bonds is 6. The molecular formula is C23H27N5O7. The van der Waals surface area contributed by atoms with Gasteiger partial charge in [0.15, 0.2) is 0 Å². The normalized spacial score (nSPS) is 26.7. The van der Waals surface area contributed by atoms with E-state index in [0.717, 1.165) is 4.90 Å². The summed E-state index contributed by atoms with van der Waals surface area (Å²) in [4.78, 5) is 78.4. The molecule has 1 aromatic carbocycles. The molecule has 35 heavy (non-hydrogen) atoms. The quantitative estimate of drug-likeness (QED) is 0.356. The van der Waals surface area contributed by atoms with Crippen molar-refractivity contribution in [1.82, 2.24) is 25.3 Å². The number of nitrogens with zero attached hydrogens (tertiary/aromatic N) is 3. The van der Waals surface area contributed by atoms with Crippen molar-refractivity contribution in [3.63, 3.8) is 0 Å². The molecule has 3 N–H and O–H groups in total. The van der Waals surface area contributed by atoms with Gasteiger partial charge in [-0.2, -0.15) is 0 Å². The number of hydrogen-bond donors (Lipinski definition) is 3. The number of fused-ring (bicyclic) bond motifs is 1. The lowest BCUT2D eigenvalue weighted by Gasteiger charge is -2.45. The number of hydrogen-bond acceptors (Lipinski definition) is 6. The highest BCUT2D eigenvalue weighted by molar-refractivity contribution is 6.38. The predicted octanol–water partition coefficient (Wildman–Crippen LogP) is -0.683. The topological polar surface area (TPSA) is 156 Å². The van der Waals surface area contributed by atoms with E-state index in [4.69, 9.17) is 0 Å². The average Bonchev–Trinajstić information content (AvgIpc) is 3.16. The minimum atomic E-state index is -1.24.